The van der Waals surface area contributed by atoms with E-state index in [1.54, 1.807) is 0 Å². The number of hydrogen-bond acceptors (Lipinski definition) is 4. The number of nitrogens with one attached hydrogen (secondary N) is 2. The topological polar surface area (TPSA) is 77.0 Å². The van der Waals surface area contributed by atoms with E-state index >= 15 is 0 Å². The molecular formula is C24H39N5O2. The molecule has 0 aromatic heterocycles. The number of nitrogens with zero attached hydrogens (tertiary/aromatic N) is 3. The molecule has 4 aliphatic rings. The van der Waals surface area contributed by atoms with Crippen molar-refractivity contribution >= 4 is 17.8 Å². The first-order chi connectivity index (χ1) is 15.0. The predicted octanol–water partition coefficient (Wildman–Crippen LogP) is 1.72. The Bertz CT molecular complexity index is 695. The van der Waals surface area contributed by atoms with Gasteiger partial charge in [0.15, 0.2) is 5.96 Å². The molecule has 2 aliphatic heterocycles. The van der Waals surface area contributed by atoms with E-state index in [4.69, 9.17) is 4.99 Å². The number of amides is 2. The highest BCUT2D eigenvalue weighted by atomic mass is 16.2. The van der Waals surface area contributed by atoms with Crippen LogP contribution in [0.15, 0.2) is 17.1 Å². The summed E-state index contributed by atoms with van der Waals surface area (Å²) in [6.07, 6.45) is 7.63. The van der Waals surface area contributed by atoms with Crippen LogP contribution in [0.2, 0.25) is 0 Å². The molecule has 0 aromatic rings. The van der Waals surface area contributed by atoms with Crippen molar-refractivity contribution in [3.63, 3.8) is 0 Å². The fraction of sp³-hybridized carbons (Fsp3) is 0.792. The van der Waals surface area contributed by atoms with Crippen molar-refractivity contribution in [2.24, 2.45) is 40.5 Å². The van der Waals surface area contributed by atoms with E-state index in [-0.39, 0.29) is 35.5 Å². The van der Waals surface area contributed by atoms with E-state index in [2.05, 4.69) is 41.5 Å². The van der Waals surface area contributed by atoms with Gasteiger partial charge in [-0.2, -0.15) is 0 Å². The summed E-state index contributed by atoms with van der Waals surface area (Å²) in [5.41, 5.74) is 0. The molecule has 4 rings (SSSR count). The number of aliphatic imine (C=N–C) groups is 1. The molecule has 31 heavy (non-hydrogen) atoms. The molecule has 0 spiro atoms. The number of fused-ring (bicyclic) bond motifs is 5. The summed E-state index contributed by atoms with van der Waals surface area (Å²) in [6, 6.07) is 0. The summed E-state index contributed by atoms with van der Waals surface area (Å²) in [7, 11) is 0. The minimum atomic E-state index is -0.107. The maximum absolute atomic E-state index is 12.8. The molecule has 0 radical (unpaired) electrons. The maximum atomic E-state index is 12.8. The molecule has 7 nitrogen and oxygen atoms in total. The third-order valence-electron chi connectivity index (χ3n) is 7.38. The number of imide groups is 1. The van der Waals surface area contributed by atoms with Crippen LogP contribution in [-0.4, -0.2) is 73.4 Å². The largest absolute Gasteiger partial charge is 0.357 e. The summed E-state index contributed by atoms with van der Waals surface area (Å²) in [5, 5.41) is 6.58. The Morgan fingerprint density at radius 2 is 1.65 bits per heavy atom. The summed E-state index contributed by atoms with van der Waals surface area (Å²) < 4.78 is 0. The Morgan fingerprint density at radius 1 is 1.00 bits per heavy atom. The maximum Gasteiger partial charge on any atom is 0.233 e. The molecule has 1 saturated carbocycles. The lowest BCUT2D eigenvalue weighted by molar-refractivity contribution is -0.140. The first-order valence-corrected chi connectivity index (χ1v) is 12.3. The van der Waals surface area contributed by atoms with E-state index in [1.165, 1.54) is 24.4 Å². The van der Waals surface area contributed by atoms with Crippen molar-refractivity contribution in [3.8, 4) is 0 Å². The molecule has 6 atom stereocenters. The Labute approximate surface area is 186 Å². The third-order valence-corrected chi connectivity index (χ3v) is 7.38. The number of allylic oxidation sites excluding steroid dienone is 2. The first kappa shape index (κ1) is 22.3. The molecule has 2 heterocycles. The average molecular weight is 430 g/mol. The normalized spacial score (nSPS) is 35.2. The molecule has 2 saturated heterocycles. The lowest BCUT2D eigenvalue weighted by Crippen LogP contribution is -2.44. The van der Waals surface area contributed by atoms with Gasteiger partial charge in [-0.25, -0.2) is 0 Å². The van der Waals surface area contributed by atoms with Crippen molar-refractivity contribution < 1.29 is 9.59 Å². The van der Waals surface area contributed by atoms with Gasteiger partial charge in [-0.15, -0.1) is 0 Å². The van der Waals surface area contributed by atoms with Crippen LogP contribution in [-0.2, 0) is 9.59 Å². The lowest BCUT2D eigenvalue weighted by Gasteiger charge is -2.34. The minimum absolute atomic E-state index is 0.0283. The van der Waals surface area contributed by atoms with Crippen LogP contribution in [0, 0.1) is 35.5 Å². The summed E-state index contributed by atoms with van der Waals surface area (Å²) in [5.74, 6) is 2.73. The average Bonchev–Trinajstić information content (AvgIpc) is 3.40. The van der Waals surface area contributed by atoms with E-state index in [0.717, 1.165) is 50.3 Å². The molecular weight excluding hydrogens is 390 g/mol. The van der Waals surface area contributed by atoms with E-state index in [1.807, 2.05) is 6.92 Å². The van der Waals surface area contributed by atoms with Gasteiger partial charge in [-0.1, -0.05) is 26.0 Å². The van der Waals surface area contributed by atoms with Gasteiger partial charge in [-0.05, 0) is 56.4 Å². The number of rotatable bonds is 8. The van der Waals surface area contributed by atoms with Crippen molar-refractivity contribution in [3.05, 3.63) is 12.2 Å². The standard InChI is InChI=1S/C24H39N5O2/c1-4-25-24(26-8-5-10-28-14-16(2)12-17(3)15-28)27-9-11-29-22(30)20-18-6-7-19(13-18)21(20)23(29)31/h6-7,16-21H,4-5,8-15H2,1-3H3,(H2,25,26,27). The molecule has 2 bridgehead atoms. The number of carbonyl (C=O) groups excluding carboxylic acids is 2. The fourth-order valence-corrected chi connectivity index (χ4v) is 6.27. The number of hydrogen-bond donors (Lipinski definition) is 2. The Hall–Kier alpha value is -1.89. The zero-order chi connectivity index (χ0) is 22.0. The smallest absolute Gasteiger partial charge is 0.233 e. The van der Waals surface area contributed by atoms with Crippen molar-refractivity contribution in [1.82, 2.24) is 20.4 Å². The van der Waals surface area contributed by atoms with E-state index in [0.29, 0.717) is 13.1 Å². The van der Waals surface area contributed by atoms with Gasteiger partial charge in [0.2, 0.25) is 11.8 Å². The van der Waals surface area contributed by atoms with Crippen LogP contribution in [0.5, 0.6) is 0 Å². The number of piperidine rings is 1. The van der Waals surface area contributed by atoms with Crippen LogP contribution in [0.3, 0.4) is 0 Å². The molecule has 2 aliphatic carbocycles. The zero-order valence-electron chi connectivity index (χ0n) is 19.3. The summed E-state index contributed by atoms with van der Waals surface area (Å²) in [6.45, 7) is 12.7. The highest BCUT2D eigenvalue weighted by Crippen LogP contribution is 2.52. The quantitative estimate of drug-likeness (QED) is 0.202. The van der Waals surface area contributed by atoms with Crippen LogP contribution in [0.4, 0.5) is 0 Å². The molecule has 2 N–H and O–H groups in total. The van der Waals surface area contributed by atoms with Crippen molar-refractivity contribution in [1.29, 1.82) is 0 Å². The molecule has 172 valence electrons. The number of guanidine groups is 1. The van der Waals surface area contributed by atoms with Gasteiger partial charge in [0.1, 0.15) is 0 Å². The van der Waals surface area contributed by atoms with Gasteiger partial charge in [0, 0.05) is 39.3 Å². The second kappa shape index (κ2) is 9.72. The van der Waals surface area contributed by atoms with Crippen molar-refractivity contribution in [2.75, 3.05) is 45.8 Å². The SMILES string of the molecule is CCNC(=NCCCN1CC(C)CC(C)C1)NCCN1C(=O)C2C3C=CC(C3)C2C1=O. The molecule has 3 fully saturated rings. The predicted molar refractivity (Wildman–Crippen MR) is 122 cm³/mol. The Morgan fingerprint density at radius 3 is 2.26 bits per heavy atom. The van der Waals surface area contributed by atoms with Crippen LogP contribution in [0.25, 0.3) is 0 Å². The second-order valence-electron chi connectivity index (χ2n) is 10.1. The van der Waals surface area contributed by atoms with Crippen LogP contribution < -0.4 is 10.6 Å². The van der Waals surface area contributed by atoms with Gasteiger partial charge < -0.3 is 15.5 Å². The first-order valence-electron chi connectivity index (χ1n) is 12.3. The second-order valence-corrected chi connectivity index (χ2v) is 10.1. The molecule has 0 aromatic carbocycles. The van der Waals surface area contributed by atoms with E-state index in [9.17, 15) is 9.59 Å². The fourth-order valence-electron chi connectivity index (χ4n) is 6.27. The van der Waals surface area contributed by atoms with Gasteiger partial charge in [-0.3, -0.25) is 19.5 Å². The molecule has 7 heteroatoms. The highest BCUT2D eigenvalue weighted by Gasteiger charge is 2.58. The van der Waals surface area contributed by atoms with Gasteiger partial charge >= 0.3 is 0 Å². The monoisotopic (exact) mass is 429 g/mol. The van der Waals surface area contributed by atoms with Crippen LogP contribution >= 0.6 is 0 Å². The molecule has 2 amide bonds. The molecule has 6 unspecified atom stereocenters. The van der Waals surface area contributed by atoms with Gasteiger partial charge in [0.25, 0.3) is 0 Å². The third kappa shape index (κ3) is 4.81. The number of carbonyl (C=O) groups is 2. The van der Waals surface area contributed by atoms with E-state index < -0.39 is 0 Å². The Balaban J connectivity index is 1.21. The lowest BCUT2D eigenvalue weighted by atomic mass is 9.85. The summed E-state index contributed by atoms with van der Waals surface area (Å²) in [4.78, 5) is 34.3. The summed E-state index contributed by atoms with van der Waals surface area (Å²) >= 11 is 0. The Kier molecular flexibility index (Phi) is 6.99. The van der Waals surface area contributed by atoms with Crippen LogP contribution in [0.1, 0.15) is 40.0 Å². The highest BCUT2D eigenvalue weighted by molar-refractivity contribution is 6.06. The zero-order valence-corrected chi connectivity index (χ0v) is 19.3. The minimum Gasteiger partial charge on any atom is -0.357 e. The van der Waals surface area contributed by atoms with Gasteiger partial charge in [0.05, 0.1) is 11.8 Å². The van der Waals surface area contributed by atoms with Crippen molar-refractivity contribution in [2.45, 2.75) is 40.0 Å². The number of likely N-dealkylation sites (tertiary alicyclic amines) is 2.